The van der Waals surface area contributed by atoms with Crippen LogP contribution in [-0.4, -0.2) is 16.5 Å². The predicted octanol–water partition coefficient (Wildman–Crippen LogP) is 4.86. The highest BCUT2D eigenvalue weighted by molar-refractivity contribution is 9.10. The zero-order chi connectivity index (χ0) is 16.4. The van der Waals surface area contributed by atoms with Crippen LogP contribution >= 0.6 is 15.9 Å². The number of oxime groups is 1. The first-order valence-corrected chi connectivity index (χ1v) is 9.64. The largest absolute Gasteiger partial charge is 0.388 e. The second-order valence-electron chi connectivity index (χ2n) is 8.04. The minimum Gasteiger partial charge on any atom is -0.388 e. The summed E-state index contributed by atoms with van der Waals surface area (Å²) < 4.78 is 6.27. The van der Waals surface area contributed by atoms with Crippen molar-refractivity contribution in [2.75, 3.05) is 0 Å². The summed E-state index contributed by atoms with van der Waals surface area (Å²) in [7, 11) is 0. The summed E-state index contributed by atoms with van der Waals surface area (Å²) >= 11 is 3.52. The number of hydrogen-bond acceptors (Lipinski definition) is 4. The van der Waals surface area contributed by atoms with Crippen molar-refractivity contribution in [3.05, 3.63) is 15.9 Å². The van der Waals surface area contributed by atoms with Crippen molar-refractivity contribution in [3.63, 3.8) is 0 Å². The quantitative estimate of drug-likeness (QED) is 0.735. The van der Waals surface area contributed by atoms with Crippen LogP contribution in [0, 0.1) is 17.8 Å². The Morgan fingerprint density at radius 1 is 1.17 bits per heavy atom. The molecule has 0 radical (unpaired) electrons. The first-order chi connectivity index (χ1) is 10.9. The number of halogens is 1. The van der Waals surface area contributed by atoms with Gasteiger partial charge >= 0.3 is 0 Å². The SMILES string of the molecule is CC(C)C1(C(C)C)ON=C2[C@@H]1CC[C@]21CCCc2c1noc2Br. The van der Waals surface area contributed by atoms with Crippen molar-refractivity contribution in [2.24, 2.45) is 22.9 Å². The van der Waals surface area contributed by atoms with Crippen LogP contribution in [0.4, 0.5) is 0 Å². The number of nitrogens with zero attached hydrogens (tertiary/aromatic N) is 2. The van der Waals surface area contributed by atoms with Gasteiger partial charge in [0.25, 0.3) is 0 Å². The van der Waals surface area contributed by atoms with Gasteiger partial charge in [0.05, 0.1) is 16.8 Å². The second-order valence-corrected chi connectivity index (χ2v) is 8.76. The summed E-state index contributed by atoms with van der Waals surface area (Å²) in [4.78, 5) is 6.20. The molecule has 3 aliphatic rings. The molecule has 0 unspecified atom stereocenters. The molecule has 2 aliphatic carbocycles. The Morgan fingerprint density at radius 3 is 2.61 bits per heavy atom. The van der Waals surface area contributed by atoms with Crippen molar-refractivity contribution in [1.29, 1.82) is 0 Å². The molecule has 1 fully saturated rings. The van der Waals surface area contributed by atoms with Gasteiger partial charge in [-0.2, -0.15) is 0 Å². The molecule has 0 saturated heterocycles. The average molecular weight is 381 g/mol. The van der Waals surface area contributed by atoms with Crippen LogP contribution in [0.1, 0.15) is 64.6 Å². The van der Waals surface area contributed by atoms with Gasteiger partial charge in [-0.1, -0.05) is 38.0 Å². The van der Waals surface area contributed by atoms with Gasteiger partial charge in [0.1, 0.15) is 5.60 Å². The highest BCUT2D eigenvalue weighted by Crippen LogP contribution is 2.58. The molecule has 1 saturated carbocycles. The van der Waals surface area contributed by atoms with E-state index in [1.807, 2.05) is 0 Å². The standard InChI is InChI=1S/C18H25BrN2O2/c1-10(2)18(11(3)4)13-7-9-17(15(13)21-23-18)8-5-6-12-14(17)20-22-16(12)19/h10-11,13H,5-9H2,1-4H3/t13-,17-/m0/s1. The Kier molecular flexibility index (Phi) is 3.46. The van der Waals surface area contributed by atoms with E-state index in [1.165, 1.54) is 11.3 Å². The smallest absolute Gasteiger partial charge is 0.205 e. The minimum absolute atomic E-state index is 0.0563. The third kappa shape index (κ3) is 1.83. The fourth-order valence-corrected chi connectivity index (χ4v) is 5.97. The summed E-state index contributed by atoms with van der Waals surface area (Å²) in [5.74, 6) is 1.29. The molecular formula is C18H25BrN2O2. The van der Waals surface area contributed by atoms with Gasteiger partial charge in [-0.3, -0.25) is 0 Å². The van der Waals surface area contributed by atoms with E-state index in [9.17, 15) is 0 Å². The first-order valence-electron chi connectivity index (χ1n) is 8.84. The number of hydrogen-bond donors (Lipinski definition) is 0. The molecule has 1 aliphatic heterocycles. The van der Waals surface area contributed by atoms with E-state index in [-0.39, 0.29) is 11.0 Å². The van der Waals surface area contributed by atoms with Gasteiger partial charge in [0, 0.05) is 11.5 Å². The van der Waals surface area contributed by atoms with Crippen LogP contribution in [0.2, 0.25) is 0 Å². The molecule has 2 atom stereocenters. The maximum absolute atomic E-state index is 6.20. The fourth-order valence-electron chi connectivity index (χ4n) is 5.51. The fraction of sp³-hybridized carbons (Fsp3) is 0.778. The maximum atomic E-state index is 6.20. The minimum atomic E-state index is -0.169. The molecule has 2 heterocycles. The van der Waals surface area contributed by atoms with Crippen molar-refractivity contribution in [3.8, 4) is 0 Å². The molecule has 126 valence electrons. The lowest BCUT2D eigenvalue weighted by molar-refractivity contribution is -0.113. The third-order valence-corrected chi connectivity index (χ3v) is 7.18. The lowest BCUT2D eigenvalue weighted by Gasteiger charge is -2.39. The Balaban J connectivity index is 1.80. The summed E-state index contributed by atoms with van der Waals surface area (Å²) in [5.41, 5.74) is 3.37. The summed E-state index contributed by atoms with van der Waals surface area (Å²) in [6, 6.07) is 0. The van der Waals surface area contributed by atoms with E-state index in [0.29, 0.717) is 17.8 Å². The van der Waals surface area contributed by atoms with E-state index in [1.54, 1.807) is 0 Å². The van der Waals surface area contributed by atoms with Crippen LogP contribution in [0.15, 0.2) is 14.3 Å². The van der Waals surface area contributed by atoms with Crippen LogP contribution in [0.5, 0.6) is 0 Å². The Hall–Kier alpha value is -0.840. The molecule has 23 heavy (non-hydrogen) atoms. The number of rotatable bonds is 2. The molecule has 5 heteroatoms. The van der Waals surface area contributed by atoms with E-state index >= 15 is 0 Å². The van der Waals surface area contributed by atoms with E-state index in [4.69, 9.17) is 14.5 Å². The third-order valence-electron chi connectivity index (χ3n) is 6.56. The van der Waals surface area contributed by atoms with Gasteiger partial charge in [-0.15, -0.1) is 0 Å². The highest BCUT2D eigenvalue weighted by atomic mass is 79.9. The van der Waals surface area contributed by atoms with Gasteiger partial charge < -0.3 is 9.36 Å². The van der Waals surface area contributed by atoms with Crippen LogP contribution in [0.25, 0.3) is 0 Å². The zero-order valence-corrected chi connectivity index (χ0v) is 15.9. The van der Waals surface area contributed by atoms with Crippen molar-refractivity contribution in [2.45, 2.75) is 70.8 Å². The topological polar surface area (TPSA) is 47.6 Å². The molecule has 1 aromatic heterocycles. The normalized spacial score (nSPS) is 31.4. The molecule has 4 rings (SSSR count). The average Bonchev–Trinajstić information content (AvgIpc) is 3.16. The second kappa shape index (κ2) is 5.08. The molecule has 1 spiro atoms. The van der Waals surface area contributed by atoms with Gasteiger partial charge in [0.2, 0.25) is 4.67 Å². The molecule has 1 aromatic rings. The maximum Gasteiger partial charge on any atom is 0.205 e. The lowest BCUT2D eigenvalue weighted by atomic mass is 9.66. The Bertz CT molecular complexity index is 656. The first kappa shape index (κ1) is 15.7. The molecule has 0 aromatic carbocycles. The van der Waals surface area contributed by atoms with E-state index in [0.717, 1.165) is 42.5 Å². The number of fused-ring (bicyclic) bond motifs is 4. The molecule has 0 amide bonds. The Morgan fingerprint density at radius 2 is 1.91 bits per heavy atom. The Labute approximate surface area is 146 Å². The number of aromatic nitrogens is 1. The summed E-state index contributed by atoms with van der Waals surface area (Å²) in [6.07, 6.45) is 5.57. The van der Waals surface area contributed by atoms with Gasteiger partial charge in [0.15, 0.2) is 0 Å². The van der Waals surface area contributed by atoms with Crippen LogP contribution in [-0.2, 0) is 16.7 Å². The van der Waals surface area contributed by atoms with E-state index < -0.39 is 0 Å². The monoisotopic (exact) mass is 380 g/mol. The van der Waals surface area contributed by atoms with Crippen molar-refractivity contribution < 1.29 is 9.36 Å². The van der Waals surface area contributed by atoms with Gasteiger partial charge in [-0.25, -0.2) is 0 Å². The summed E-state index contributed by atoms with van der Waals surface area (Å²) in [6.45, 7) is 9.07. The molecule has 0 bridgehead atoms. The molecule has 4 nitrogen and oxygen atoms in total. The zero-order valence-electron chi connectivity index (χ0n) is 14.4. The van der Waals surface area contributed by atoms with Crippen LogP contribution < -0.4 is 0 Å². The summed E-state index contributed by atoms with van der Waals surface area (Å²) in [5, 5.41) is 9.13. The lowest BCUT2D eigenvalue weighted by Crippen LogP contribution is -2.48. The molecular weight excluding hydrogens is 356 g/mol. The highest BCUT2D eigenvalue weighted by Gasteiger charge is 2.63. The van der Waals surface area contributed by atoms with E-state index in [2.05, 4.69) is 48.8 Å². The van der Waals surface area contributed by atoms with Crippen LogP contribution in [0.3, 0.4) is 0 Å². The predicted molar refractivity (Wildman–Crippen MR) is 92.5 cm³/mol. The van der Waals surface area contributed by atoms with Crippen molar-refractivity contribution in [1.82, 2.24) is 5.16 Å². The van der Waals surface area contributed by atoms with Gasteiger partial charge in [-0.05, 0) is 59.9 Å². The van der Waals surface area contributed by atoms with Crippen molar-refractivity contribution >= 4 is 21.6 Å². The molecule has 0 N–H and O–H groups in total.